The average Bonchev–Trinajstić information content (AvgIpc) is 3.93. The monoisotopic (exact) mass is 590 g/mol. The normalized spacial score (nSPS) is 16.7. The second-order valence-electron chi connectivity index (χ2n) is 10.9. The summed E-state index contributed by atoms with van der Waals surface area (Å²) in [5.74, 6) is 0.352. The lowest BCUT2D eigenvalue weighted by Crippen LogP contribution is -2.27. The molecule has 1 aliphatic heterocycles. The van der Waals surface area contributed by atoms with Gasteiger partial charge >= 0.3 is 12.3 Å². The number of esters is 1. The highest BCUT2D eigenvalue weighted by Crippen LogP contribution is 2.59. The number of carbonyl (C=O) groups is 2. The van der Waals surface area contributed by atoms with Crippen molar-refractivity contribution in [1.29, 1.82) is 0 Å². The highest BCUT2D eigenvalue weighted by molar-refractivity contribution is 6.14. The SMILES string of the molecule is COC(=O)c1ccc(N2C(=O)C3(CC3)c3cc(OCc4c(-c5ccccc5OC(F)(F)F)noc4C4CC4)ccc32)cc1. The number of hydrogen-bond acceptors (Lipinski definition) is 7. The van der Waals surface area contributed by atoms with Gasteiger partial charge in [0.05, 0.1) is 29.3 Å². The minimum Gasteiger partial charge on any atom is -0.489 e. The Morgan fingerprint density at radius 2 is 1.81 bits per heavy atom. The summed E-state index contributed by atoms with van der Waals surface area (Å²) in [7, 11) is 1.31. The number of hydrogen-bond donors (Lipinski definition) is 0. The summed E-state index contributed by atoms with van der Waals surface area (Å²) < 4.78 is 60.2. The lowest BCUT2D eigenvalue weighted by molar-refractivity contribution is -0.274. The van der Waals surface area contributed by atoms with E-state index in [1.165, 1.54) is 25.3 Å². The third kappa shape index (κ3) is 4.78. The molecule has 7 rings (SSSR count). The summed E-state index contributed by atoms with van der Waals surface area (Å²) in [6.45, 7) is 0.00343. The zero-order valence-electron chi connectivity index (χ0n) is 22.9. The number of methoxy groups -OCH3 is 1. The summed E-state index contributed by atoms with van der Waals surface area (Å²) in [5.41, 5.74) is 2.93. The van der Waals surface area contributed by atoms with Crippen molar-refractivity contribution in [3.63, 3.8) is 0 Å². The van der Waals surface area contributed by atoms with Crippen LogP contribution in [0.15, 0.2) is 71.3 Å². The predicted molar refractivity (Wildman–Crippen MR) is 147 cm³/mol. The van der Waals surface area contributed by atoms with E-state index in [2.05, 4.69) is 9.89 Å². The van der Waals surface area contributed by atoms with Crippen LogP contribution in [0, 0.1) is 0 Å². The molecule has 0 atom stereocenters. The van der Waals surface area contributed by atoms with Gasteiger partial charge in [0.15, 0.2) is 0 Å². The molecule has 2 saturated carbocycles. The summed E-state index contributed by atoms with van der Waals surface area (Å²) in [5, 5.41) is 4.13. The van der Waals surface area contributed by atoms with E-state index < -0.39 is 17.7 Å². The van der Waals surface area contributed by atoms with Crippen LogP contribution in [0.25, 0.3) is 11.3 Å². The number of anilines is 2. The highest BCUT2D eigenvalue weighted by Gasteiger charge is 2.59. The maximum Gasteiger partial charge on any atom is 0.573 e. The fraction of sp³-hybridized carbons (Fsp3) is 0.281. The maximum atomic E-state index is 13.6. The first-order chi connectivity index (χ1) is 20.7. The minimum absolute atomic E-state index is 0.00343. The second-order valence-corrected chi connectivity index (χ2v) is 10.9. The molecule has 11 heteroatoms. The number of ether oxygens (including phenoxy) is 3. The highest BCUT2D eigenvalue weighted by atomic mass is 19.4. The molecule has 43 heavy (non-hydrogen) atoms. The van der Waals surface area contributed by atoms with Gasteiger partial charge in [-0.05, 0) is 85.8 Å². The standard InChI is InChI=1S/C32H25F3N2O6/c1-40-29(38)19-8-10-20(11-9-19)37-25-13-12-21(16-24(25)31(14-15-31)30(37)39)41-17-23-27(36-43-28(23)18-6-7-18)22-4-2-3-5-26(22)42-32(33,34)35/h2-5,8-13,16,18H,6-7,14-15,17H2,1H3. The number of halogens is 3. The molecular formula is C32H25F3N2O6. The van der Waals surface area contributed by atoms with E-state index in [4.69, 9.17) is 14.0 Å². The maximum absolute atomic E-state index is 13.6. The van der Waals surface area contributed by atoms with Crippen LogP contribution < -0.4 is 14.4 Å². The number of nitrogens with zero attached hydrogens (tertiary/aromatic N) is 2. The number of alkyl halides is 3. The van der Waals surface area contributed by atoms with Crippen LogP contribution in [0.2, 0.25) is 0 Å². The number of carbonyl (C=O) groups excluding carboxylic acids is 2. The van der Waals surface area contributed by atoms with Gasteiger partial charge in [-0.1, -0.05) is 17.3 Å². The van der Waals surface area contributed by atoms with E-state index in [0.717, 1.165) is 24.1 Å². The van der Waals surface area contributed by atoms with Crippen LogP contribution in [0.1, 0.15) is 58.8 Å². The average molecular weight is 591 g/mol. The quantitative estimate of drug-likeness (QED) is 0.201. The van der Waals surface area contributed by atoms with Gasteiger partial charge < -0.3 is 18.7 Å². The molecule has 3 aliphatic rings. The summed E-state index contributed by atoms with van der Waals surface area (Å²) in [4.78, 5) is 27.1. The molecule has 4 aromatic rings. The molecule has 2 aliphatic carbocycles. The van der Waals surface area contributed by atoms with E-state index >= 15 is 0 Å². The molecule has 0 saturated heterocycles. The van der Waals surface area contributed by atoms with E-state index in [9.17, 15) is 22.8 Å². The van der Waals surface area contributed by atoms with Gasteiger partial charge in [-0.2, -0.15) is 0 Å². The molecule has 1 spiro atoms. The summed E-state index contributed by atoms with van der Waals surface area (Å²) >= 11 is 0. The van der Waals surface area contributed by atoms with E-state index in [1.54, 1.807) is 41.3 Å². The van der Waals surface area contributed by atoms with Crippen molar-refractivity contribution in [2.24, 2.45) is 0 Å². The van der Waals surface area contributed by atoms with Gasteiger partial charge in [0, 0.05) is 17.2 Å². The van der Waals surface area contributed by atoms with E-state index in [0.29, 0.717) is 41.2 Å². The number of fused-ring (bicyclic) bond motifs is 2. The Hall–Kier alpha value is -4.80. The Bertz CT molecular complexity index is 1740. The topological polar surface area (TPSA) is 91.1 Å². The Labute approximate surface area is 243 Å². The van der Waals surface area contributed by atoms with Crippen molar-refractivity contribution in [3.05, 3.63) is 89.2 Å². The molecule has 8 nitrogen and oxygen atoms in total. The summed E-state index contributed by atoms with van der Waals surface area (Å²) in [6.07, 6.45) is -1.68. The van der Waals surface area contributed by atoms with Crippen LogP contribution in [-0.4, -0.2) is 30.5 Å². The minimum atomic E-state index is -4.87. The third-order valence-electron chi connectivity index (χ3n) is 8.15. The van der Waals surface area contributed by atoms with Gasteiger partial charge in [0.2, 0.25) is 5.91 Å². The first-order valence-corrected chi connectivity index (χ1v) is 13.8. The molecule has 2 fully saturated rings. The van der Waals surface area contributed by atoms with Crippen LogP contribution in [0.3, 0.4) is 0 Å². The lowest BCUT2D eigenvalue weighted by atomic mass is 9.98. The summed E-state index contributed by atoms with van der Waals surface area (Å²) in [6, 6.07) is 17.9. The zero-order valence-corrected chi connectivity index (χ0v) is 22.9. The molecule has 0 N–H and O–H groups in total. The number of para-hydroxylation sites is 1. The van der Waals surface area contributed by atoms with E-state index in [1.807, 2.05) is 12.1 Å². The van der Waals surface area contributed by atoms with Crippen molar-refractivity contribution < 1.29 is 41.5 Å². The first kappa shape index (κ1) is 27.1. The van der Waals surface area contributed by atoms with Crippen LogP contribution in [0.5, 0.6) is 11.5 Å². The molecule has 0 radical (unpaired) electrons. The fourth-order valence-electron chi connectivity index (χ4n) is 5.72. The Morgan fingerprint density at radius 3 is 2.49 bits per heavy atom. The fourth-order valence-corrected chi connectivity index (χ4v) is 5.72. The Balaban J connectivity index is 1.18. The number of aromatic nitrogens is 1. The van der Waals surface area contributed by atoms with Crippen LogP contribution in [0.4, 0.5) is 24.5 Å². The second kappa shape index (κ2) is 9.89. The molecule has 2 heterocycles. The predicted octanol–water partition coefficient (Wildman–Crippen LogP) is 7.19. The van der Waals surface area contributed by atoms with Gasteiger partial charge in [-0.25, -0.2) is 4.79 Å². The van der Waals surface area contributed by atoms with Crippen LogP contribution in [-0.2, 0) is 21.6 Å². The van der Waals surface area contributed by atoms with Crippen molar-refractivity contribution in [2.75, 3.05) is 12.0 Å². The Morgan fingerprint density at radius 1 is 1.07 bits per heavy atom. The van der Waals surface area contributed by atoms with Crippen molar-refractivity contribution in [2.45, 2.75) is 50.0 Å². The largest absolute Gasteiger partial charge is 0.573 e. The molecule has 0 unspecified atom stereocenters. The van der Waals surface area contributed by atoms with Gasteiger partial charge in [-0.3, -0.25) is 9.69 Å². The van der Waals surface area contributed by atoms with Crippen molar-refractivity contribution in [1.82, 2.24) is 5.16 Å². The molecular weight excluding hydrogens is 565 g/mol. The van der Waals surface area contributed by atoms with Gasteiger partial charge in [0.25, 0.3) is 0 Å². The Kier molecular flexibility index (Phi) is 6.22. The van der Waals surface area contributed by atoms with E-state index in [-0.39, 0.29) is 35.4 Å². The number of benzene rings is 3. The molecule has 0 bridgehead atoms. The smallest absolute Gasteiger partial charge is 0.489 e. The van der Waals surface area contributed by atoms with Crippen molar-refractivity contribution in [3.8, 4) is 22.8 Å². The number of amides is 1. The van der Waals surface area contributed by atoms with Gasteiger partial charge in [0.1, 0.15) is 29.6 Å². The van der Waals surface area contributed by atoms with Crippen molar-refractivity contribution >= 4 is 23.3 Å². The van der Waals surface area contributed by atoms with Crippen LogP contribution >= 0.6 is 0 Å². The molecule has 1 amide bonds. The first-order valence-electron chi connectivity index (χ1n) is 13.8. The van der Waals surface area contributed by atoms with Gasteiger partial charge in [-0.15, -0.1) is 13.2 Å². The molecule has 1 aromatic heterocycles. The lowest BCUT2D eigenvalue weighted by Gasteiger charge is -2.18. The third-order valence-corrected chi connectivity index (χ3v) is 8.15. The molecule has 220 valence electrons. The number of rotatable bonds is 8. The molecule has 3 aromatic carbocycles. The zero-order chi connectivity index (χ0) is 29.9.